The second-order valence-corrected chi connectivity index (χ2v) is 6.05. The second-order valence-electron chi connectivity index (χ2n) is 4.48. The van der Waals surface area contributed by atoms with E-state index in [1.54, 1.807) is 12.1 Å². The van der Waals surface area contributed by atoms with Gasteiger partial charge in [0.1, 0.15) is 11.6 Å². The van der Waals surface area contributed by atoms with Crippen LogP contribution in [-0.4, -0.2) is 18.4 Å². The molecule has 0 saturated heterocycles. The molecule has 0 aliphatic rings. The highest BCUT2D eigenvalue weighted by Gasteiger charge is 2.06. The van der Waals surface area contributed by atoms with Crippen LogP contribution in [-0.2, 0) is 16.6 Å². The summed E-state index contributed by atoms with van der Waals surface area (Å²) in [6.45, 7) is 4.28. The van der Waals surface area contributed by atoms with E-state index in [9.17, 15) is 8.42 Å². The quantitative estimate of drug-likeness (QED) is 0.886. The highest BCUT2D eigenvalue weighted by atomic mass is 32.2. The predicted octanol–water partition coefficient (Wildman–Crippen LogP) is 1.35. The van der Waals surface area contributed by atoms with Crippen molar-refractivity contribution in [2.75, 3.05) is 5.32 Å². The van der Waals surface area contributed by atoms with E-state index in [1.165, 1.54) is 12.1 Å². The van der Waals surface area contributed by atoms with Crippen molar-refractivity contribution < 1.29 is 8.42 Å². The smallest absolute Gasteiger partial charge is 0.238 e. The lowest BCUT2D eigenvalue weighted by molar-refractivity contribution is 0.598. The fourth-order valence-electron chi connectivity index (χ4n) is 1.80. The number of sulfonamides is 1. The Morgan fingerprint density at radius 3 is 2.35 bits per heavy atom. The molecule has 106 valence electrons. The topological polar surface area (TPSA) is 98.0 Å². The van der Waals surface area contributed by atoms with Gasteiger partial charge >= 0.3 is 0 Å². The van der Waals surface area contributed by atoms with E-state index in [4.69, 9.17) is 5.14 Å². The van der Waals surface area contributed by atoms with Crippen molar-refractivity contribution in [2.24, 2.45) is 5.14 Å². The Morgan fingerprint density at radius 2 is 1.80 bits per heavy atom. The SMILES string of the molecule is Cc1cc(NCc2ccc(S(N)(=O)=O)cc2)nc(C)n1. The molecule has 0 unspecified atom stereocenters. The van der Waals surface area contributed by atoms with E-state index >= 15 is 0 Å². The molecule has 0 atom stereocenters. The average molecular weight is 292 g/mol. The van der Waals surface area contributed by atoms with Gasteiger partial charge in [0, 0.05) is 18.3 Å². The van der Waals surface area contributed by atoms with Crippen LogP contribution in [0.2, 0.25) is 0 Å². The molecule has 3 N–H and O–H groups in total. The van der Waals surface area contributed by atoms with Crippen molar-refractivity contribution in [3.05, 3.63) is 47.4 Å². The van der Waals surface area contributed by atoms with Gasteiger partial charge in [0.25, 0.3) is 0 Å². The molecule has 1 aromatic carbocycles. The fourth-order valence-corrected chi connectivity index (χ4v) is 2.31. The maximum Gasteiger partial charge on any atom is 0.238 e. The first-order chi connectivity index (χ1) is 9.34. The highest BCUT2D eigenvalue weighted by Crippen LogP contribution is 2.11. The van der Waals surface area contributed by atoms with E-state index in [0.29, 0.717) is 12.4 Å². The van der Waals surface area contributed by atoms with Crippen molar-refractivity contribution in [3.63, 3.8) is 0 Å². The third-order valence-electron chi connectivity index (χ3n) is 2.69. The van der Waals surface area contributed by atoms with Crippen LogP contribution < -0.4 is 10.5 Å². The van der Waals surface area contributed by atoms with Gasteiger partial charge in [-0.15, -0.1) is 0 Å². The van der Waals surface area contributed by atoms with Crippen LogP contribution in [0.15, 0.2) is 35.2 Å². The Hall–Kier alpha value is -1.99. The minimum atomic E-state index is -3.64. The molecule has 1 aromatic heterocycles. The summed E-state index contributed by atoms with van der Waals surface area (Å²) in [5.74, 6) is 1.45. The maximum atomic E-state index is 11.1. The van der Waals surface area contributed by atoms with E-state index in [2.05, 4.69) is 15.3 Å². The molecular formula is C13H16N4O2S. The van der Waals surface area contributed by atoms with Gasteiger partial charge in [0.05, 0.1) is 4.90 Å². The van der Waals surface area contributed by atoms with Gasteiger partial charge in [-0.05, 0) is 31.5 Å². The molecule has 2 rings (SSSR count). The monoisotopic (exact) mass is 292 g/mol. The number of nitrogens with zero attached hydrogens (tertiary/aromatic N) is 2. The Kier molecular flexibility index (Phi) is 4.01. The first kappa shape index (κ1) is 14.4. The third-order valence-corrected chi connectivity index (χ3v) is 3.62. The zero-order chi connectivity index (χ0) is 14.8. The summed E-state index contributed by atoms with van der Waals surface area (Å²) in [6, 6.07) is 8.26. The van der Waals surface area contributed by atoms with Crippen LogP contribution in [0.4, 0.5) is 5.82 Å². The lowest BCUT2D eigenvalue weighted by atomic mass is 10.2. The van der Waals surface area contributed by atoms with Crippen molar-refractivity contribution in [2.45, 2.75) is 25.3 Å². The van der Waals surface area contributed by atoms with Crippen LogP contribution in [0.5, 0.6) is 0 Å². The lowest BCUT2D eigenvalue weighted by Gasteiger charge is -2.07. The van der Waals surface area contributed by atoms with Gasteiger partial charge in [0.2, 0.25) is 10.0 Å². The second kappa shape index (κ2) is 5.56. The molecule has 0 radical (unpaired) electrons. The Labute approximate surface area is 118 Å². The normalized spacial score (nSPS) is 11.3. The van der Waals surface area contributed by atoms with Gasteiger partial charge < -0.3 is 5.32 Å². The Bertz CT molecular complexity index is 691. The Morgan fingerprint density at radius 1 is 1.15 bits per heavy atom. The summed E-state index contributed by atoms with van der Waals surface area (Å²) in [6.07, 6.45) is 0. The number of primary sulfonamides is 1. The standard InChI is InChI=1S/C13H16N4O2S/c1-9-7-13(17-10(2)16-9)15-8-11-3-5-12(6-4-11)20(14,18)19/h3-7H,8H2,1-2H3,(H2,14,18,19)(H,15,16,17). The summed E-state index contributed by atoms with van der Waals surface area (Å²) >= 11 is 0. The van der Waals surface area contributed by atoms with Crippen molar-refractivity contribution in [1.82, 2.24) is 9.97 Å². The summed E-state index contributed by atoms with van der Waals surface area (Å²) in [7, 11) is -3.64. The zero-order valence-electron chi connectivity index (χ0n) is 11.3. The number of nitrogens with one attached hydrogen (secondary N) is 1. The molecule has 0 aliphatic carbocycles. The molecular weight excluding hydrogens is 276 g/mol. The van der Waals surface area contributed by atoms with Crippen LogP contribution in [0, 0.1) is 13.8 Å². The van der Waals surface area contributed by atoms with Crippen LogP contribution in [0.3, 0.4) is 0 Å². The number of aryl methyl sites for hydroxylation is 2. The summed E-state index contributed by atoms with van der Waals surface area (Å²) in [5, 5.41) is 8.21. The molecule has 1 heterocycles. The number of hydrogen-bond donors (Lipinski definition) is 2. The fraction of sp³-hybridized carbons (Fsp3) is 0.231. The van der Waals surface area contributed by atoms with Gasteiger partial charge in [-0.2, -0.15) is 0 Å². The van der Waals surface area contributed by atoms with Crippen LogP contribution in [0.1, 0.15) is 17.1 Å². The lowest BCUT2D eigenvalue weighted by Crippen LogP contribution is -2.12. The van der Waals surface area contributed by atoms with Crippen molar-refractivity contribution in [3.8, 4) is 0 Å². The van der Waals surface area contributed by atoms with Gasteiger partial charge in [-0.25, -0.2) is 23.5 Å². The van der Waals surface area contributed by atoms with Crippen LogP contribution in [0.25, 0.3) is 0 Å². The van der Waals surface area contributed by atoms with Crippen LogP contribution >= 0.6 is 0 Å². The van der Waals surface area contributed by atoms with E-state index < -0.39 is 10.0 Å². The van der Waals surface area contributed by atoms with E-state index in [1.807, 2.05) is 19.9 Å². The van der Waals surface area contributed by atoms with Gasteiger partial charge in [-0.1, -0.05) is 12.1 Å². The summed E-state index contributed by atoms with van der Waals surface area (Å²) in [4.78, 5) is 8.57. The largest absolute Gasteiger partial charge is 0.366 e. The molecule has 0 bridgehead atoms. The molecule has 2 aromatic rings. The maximum absolute atomic E-state index is 11.1. The first-order valence-electron chi connectivity index (χ1n) is 6.02. The van der Waals surface area contributed by atoms with Gasteiger partial charge in [-0.3, -0.25) is 0 Å². The van der Waals surface area contributed by atoms with Crippen molar-refractivity contribution >= 4 is 15.8 Å². The highest BCUT2D eigenvalue weighted by molar-refractivity contribution is 7.89. The molecule has 0 saturated carbocycles. The third kappa shape index (κ3) is 3.75. The first-order valence-corrected chi connectivity index (χ1v) is 7.57. The molecule has 0 amide bonds. The van der Waals surface area contributed by atoms with E-state index in [0.717, 1.165) is 17.1 Å². The number of aromatic nitrogens is 2. The van der Waals surface area contributed by atoms with E-state index in [-0.39, 0.29) is 4.90 Å². The minimum Gasteiger partial charge on any atom is -0.366 e. The van der Waals surface area contributed by atoms with Gasteiger partial charge in [0.15, 0.2) is 0 Å². The molecule has 20 heavy (non-hydrogen) atoms. The number of benzene rings is 1. The molecule has 6 nitrogen and oxygen atoms in total. The number of hydrogen-bond acceptors (Lipinski definition) is 5. The molecule has 7 heteroatoms. The number of nitrogens with two attached hydrogens (primary N) is 1. The Balaban J connectivity index is 2.07. The summed E-state index contributed by atoms with van der Waals surface area (Å²) < 4.78 is 22.3. The minimum absolute atomic E-state index is 0.106. The number of anilines is 1. The molecule has 0 spiro atoms. The molecule has 0 fully saturated rings. The number of rotatable bonds is 4. The predicted molar refractivity (Wildman–Crippen MR) is 76.6 cm³/mol. The zero-order valence-corrected chi connectivity index (χ0v) is 12.1. The summed E-state index contributed by atoms with van der Waals surface area (Å²) in [5.41, 5.74) is 1.83. The van der Waals surface area contributed by atoms with Crippen molar-refractivity contribution in [1.29, 1.82) is 0 Å². The average Bonchev–Trinajstić information content (AvgIpc) is 2.35. The molecule has 0 aliphatic heterocycles.